The number of nitrogens with zero attached hydrogens (tertiary/aromatic N) is 1. The van der Waals surface area contributed by atoms with Gasteiger partial charge in [-0.3, -0.25) is 4.98 Å². The molecule has 0 amide bonds. The van der Waals surface area contributed by atoms with Crippen LogP contribution in [0.4, 0.5) is 0 Å². The van der Waals surface area contributed by atoms with E-state index in [2.05, 4.69) is 41.5 Å². The van der Waals surface area contributed by atoms with Crippen molar-refractivity contribution in [3.8, 4) is 11.5 Å². The zero-order chi connectivity index (χ0) is 18.9. The van der Waals surface area contributed by atoms with Gasteiger partial charge in [0.05, 0.1) is 7.11 Å². The summed E-state index contributed by atoms with van der Waals surface area (Å²) in [6.45, 7) is 3.56. The molecule has 3 rings (SSSR count). The average Bonchev–Trinajstić information content (AvgIpc) is 2.72. The van der Waals surface area contributed by atoms with Gasteiger partial charge < -0.3 is 14.8 Å². The maximum atomic E-state index is 5.92. The van der Waals surface area contributed by atoms with Crippen LogP contribution in [0.15, 0.2) is 72.9 Å². The average molecular weight is 362 g/mol. The van der Waals surface area contributed by atoms with Crippen LogP contribution in [-0.2, 0) is 19.6 Å². The van der Waals surface area contributed by atoms with Crippen molar-refractivity contribution in [1.82, 2.24) is 10.3 Å². The van der Waals surface area contributed by atoms with Crippen LogP contribution in [0.25, 0.3) is 0 Å². The normalized spacial score (nSPS) is 11.8. The van der Waals surface area contributed by atoms with Gasteiger partial charge >= 0.3 is 0 Å². The van der Waals surface area contributed by atoms with Crippen molar-refractivity contribution in [1.29, 1.82) is 0 Å². The van der Waals surface area contributed by atoms with Gasteiger partial charge in [0.15, 0.2) is 0 Å². The molecule has 0 saturated carbocycles. The standard InChI is InChI=1S/C23H26N2O2/c1-18(25-16-19-6-4-3-5-7-19)14-21-15-23(12-13-24-21)27-17-20-8-10-22(26-2)11-9-20/h3-13,15,18,25H,14,16-17H2,1-2H3. The first kappa shape index (κ1) is 18.9. The van der Waals surface area contributed by atoms with Crippen LogP contribution < -0.4 is 14.8 Å². The fraction of sp³-hybridized carbons (Fsp3) is 0.261. The number of hydrogen-bond acceptors (Lipinski definition) is 4. The summed E-state index contributed by atoms with van der Waals surface area (Å²) in [7, 11) is 1.67. The molecule has 0 bridgehead atoms. The van der Waals surface area contributed by atoms with E-state index in [1.165, 1.54) is 5.56 Å². The summed E-state index contributed by atoms with van der Waals surface area (Å²) >= 11 is 0. The third kappa shape index (κ3) is 6.12. The lowest BCUT2D eigenvalue weighted by Gasteiger charge is -2.14. The van der Waals surface area contributed by atoms with Crippen molar-refractivity contribution >= 4 is 0 Å². The third-order valence-electron chi connectivity index (χ3n) is 4.37. The van der Waals surface area contributed by atoms with Crippen molar-refractivity contribution in [2.45, 2.75) is 32.5 Å². The van der Waals surface area contributed by atoms with E-state index >= 15 is 0 Å². The summed E-state index contributed by atoms with van der Waals surface area (Å²) < 4.78 is 11.1. The Morgan fingerprint density at radius 1 is 0.926 bits per heavy atom. The highest BCUT2D eigenvalue weighted by Gasteiger charge is 2.06. The smallest absolute Gasteiger partial charge is 0.123 e. The van der Waals surface area contributed by atoms with Gasteiger partial charge in [-0.25, -0.2) is 0 Å². The van der Waals surface area contributed by atoms with Gasteiger partial charge in [-0.05, 0) is 36.2 Å². The van der Waals surface area contributed by atoms with Crippen LogP contribution in [0.2, 0.25) is 0 Å². The second kappa shape index (κ2) is 9.74. The van der Waals surface area contributed by atoms with Crippen LogP contribution in [0, 0.1) is 0 Å². The molecule has 1 heterocycles. The lowest BCUT2D eigenvalue weighted by atomic mass is 10.1. The molecule has 1 unspecified atom stereocenters. The Morgan fingerprint density at radius 2 is 1.70 bits per heavy atom. The summed E-state index contributed by atoms with van der Waals surface area (Å²) in [4.78, 5) is 4.48. The number of hydrogen-bond donors (Lipinski definition) is 1. The summed E-state index contributed by atoms with van der Waals surface area (Å²) in [5, 5.41) is 3.54. The van der Waals surface area contributed by atoms with E-state index in [9.17, 15) is 0 Å². The molecule has 3 aromatic rings. The van der Waals surface area contributed by atoms with Crippen molar-refractivity contribution in [3.05, 3.63) is 89.7 Å². The van der Waals surface area contributed by atoms with Gasteiger partial charge in [0, 0.05) is 37.0 Å². The lowest BCUT2D eigenvalue weighted by molar-refractivity contribution is 0.305. The summed E-state index contributed by atoms with van der Waals surface area (Å²) in [5.41, 5.74) is 3.41. The molecule has 1 aromatic heterocycles. The molecule has 0 radical (unpaired) electrons. The zero-order valence-electron chi connectivity index (χ0n) is 15.9. The highest BCUT2D eigenvalue weighted by molar-refractivity contribution is 5.28. The van der Waals surface area contributed by atoms with E-state index in [1.54, 1.807) is 7.11 Å². The number of nitrogens with one attached hydrogen (secondary N) is 1. The minimum Gasteiger partial charge on any atom is -0.497 e. The molecule has 4 nitrogen and oxygen atoms in total. The molecular weight excluding hydrogens is 336 g/mol. The number of aromatic nitrogens is 1. The van der Waals surface area contributed by atoms with Crippen LogP contribution in [0.1, 0.15) is 23.7 Å². The Hall–Kier alpha value is -2.85. The number of pyridine rings is 1. The highest BCUT2D eigenvalue weighted by Crippen LogP contribution is 2.16. The van der Waals surface area contributed by atoms with E-state index in [-0.39, 0.29) is 0 Å². The van der Waals surface area contributed by atoms with Gasteiger partial charge in [-0.1, -0.05) is 42.5 Å². The first-order chi connectivity index (χ1) is 13.2. The van der Waals surface area contributed by atoms with Crippen molar-refractivity contribution in [2.24, 2.45) is 0 Å². The molecule has 4 heteroatoms. The van der Waals surface area contributed by atoms with Crippen LogP contribution in [0.5, 0.6) is 11.5 Å². The highest BCUT2D eigenvalue weighted by atomic mass is 16.5. The first-order valence-corrected chi connectivity index (χ1v) is 9.21. The fourth-order valence-corrected chi connectivity index (χ4v) is 2.82. The van der Waals surface area contributed by atoms with Gasteiger partial charge in [0.1, 0.15) is 18.1 Å². The van der Waals surface area contributed by atoms with Gasteiger partial charge in [0.2, 0.25) is 0 Å². The van der Waals surface area contributed by atoms with Crippen LogP contribution in [0.3, 0.4) is 0 Å². The molecule has 140 valence electrons. The molecule has 0 aliphatic rings. The Kier molecular flexibility index (Phi) is 6.83. The predicted octanol–water partition coefficient (Wildman–Crippen LogP) is 4.39. The first-order valence-electron chi connectivity index (χ1n) is 9.21. The molecule has 0 aliphatic carbocycles. The summed E-state index contributed by atoms with van der Waals surface area (Å²) in [5.74, 6) is 1.69. The second-order valence-electron chi connectivity index (χ2n) is 6.59. The van der Waals surface area contributed by atoms with Crippen LogP contribution >= 0.6 is 0 Å². The third-order valence-corrected chi connectivity index (χ3v) is 4.37. The summed E-state index contributed by atoms with van der Waals surface area (Å²) in [6.07, 6.45) is 2.66. The predicted molar refractivity (Wildman–Crippen MR) is 108 cm³/mol. The fourth-order valence-electron chi connectivity index (χ4n) is 2.82. The quantitative estimate of drug-likeness (QED) is 0.613. The second-order valence-corrected chi connectivity index (χ2v) is 6.59. The minimum atomic E-state index is 0.328. The Morgan fingerprint density at radius 3 is 2.44 bits per heavy atom. The number of benzene rings is 2. The van der Waals surface area contributed by atoms with E-state index in [1.807, 2.05) is 48.7 Å². The Labute approximate surface area is 161 Å². The van der Waals surface area contributed by atoms with Crippen molar-refractivity contribution < 1.29 is 9.47 Å². The molecule has 0 spiro atoms. The van der Waals surface area contributed by atoms with E-state index in [4.69, 9.17) is 9.47 Å². The van der Waals surface area contributed by atoms with E-state index in [0.29, 0.717) is 12.6 Å². The number of rotatable bonds is 9. The molecule has 1 atom stereocenters. The number of ether oxygens (including phenoxy) is 2. The zero-order valence-corrected chi connectivity index (χ0v) is 15.9. The van der Waals surface area contributed by atoms with Crippen molar-refractivity contribution in [3.63, 3.8) is 0 Å². The Bertz CT molecular complexity index is 819. The molecule has 0 fully saturated rings. The molecule has 0 saturated heterocycles. The molecule has 2 aromatic carbocycles. The topological polar surface area (TPSA) is 43.4 Å². The minimum absolute atomic E-state index is 0.328. The largest absolute Gasteiger partial charge is 0.497 e. The molecule has 1 N–H and O–H groups in total. The Balaban J connectivity index is 1.50. The van der Waals surface area contributed by atoms with Gasteiger partial charge in [0.25, 0.3) is 0 Å². The van der Waals surface area contributed by atoms with Gasteiger partial charge in [-0.15, -0.1) is 0 Å². The molecule has 27 heavy (non-hydrogen) atoms. The summed E-state index contributed by atoms with van der Waals surface area (Å²) in [6, 6.07) is 22.6. The van der Waals surface area contributed by atoms with E-state index in [0.717, 1.165) is 35.7 Å². The molecule has 0 aliphatic heterocycles. The maximum absolute atomic E-state index is 5.92. The maximum Gasteiger partial charge on any atom is 0.123 e. The van der Waals surface area contributed by atoms with Crippen molar-refractivity contribution in [2.75, 3.05) is 7.11 Å². The molecular formula is C23H26N2O2. The lowest BCUT2D eigenvalue weighted by Crippen LogP contribution is -2.27. The van der Waals surface area contributed by atoms with Gasteiger partial charge in [-0.2, -0.15) is 0 Å². The number of methoxy groups -OCH3 is 1. The van der Waals surface area contributed by atoms with E-state index < -0.39 is 0 Å². The SMILES string of the molecule is COc1ccc(COc2ccnc(CC(C)NCc3ccccc3)c2)cc1. The monoisotopic (exact) mass is 362 g/mol. The van der Waals surface area contributed by atoms with Crippen LogP contribution in [-0.4, -0.2) is 18.1 Å².